The standard InChI is InChI=1S/C17H19BrN2O/c1-12-9-13(7-8-15(12)18)11-20-16-6-4-3-5-14(16)10-17(21)19-2/h3-9,20H,10-11H2,1-2H3,(H,19,21). The molecule has 21 heavy (non-hydrogen) atoms. The summed E-state index contributed by atoms with van der Waals surface area (Å²) in [6.45, 7) is 2.81. The summed E-state index contributed by atoms with van der Waals surface area (Å²) in [6, 6.07) is 14.2. The van der Waals surface area contributed by atoms with Crippen molar-refractivity contribution in [2.24, 2.45) is 0 Å². The molecule has 0 heterocycles. The molecule has 0 fully saturated rings. The number of aryl methyl sites for hydroxylation is 1. The predicted octanol–water partition coefficient (Wildman–Crippen LogP) is 3.66. The molecule has 2 rings (SSSR count). The number of halogens is 1. The molecule has 4 heteroatoms. The molecule has 0 radical (unpaired) electrons. The second-order valence-corrected chi connectivity index (χ2v) is 5.80. The Hall–Kier alpha value is -1.81. The molecular formula is C17H19BrN2O. The molecule has 0 spiro atoms. The van der Waals surface area contributed by atoms with Gasteiger partial charge < -0.3 is 10.6 Å². The number of hydrogen-bond acceptors (Lipinski definition) is 2. The highest BCUT2D eigenvalue weighted by molar-refractivity contribution is 9.10. The topological polar surface area (TPSA) is 41.1 Å². The summed E-state index contributed by atoms with van der Waals surface area (Å²) in [5.74, 6) is 0.0173. The molecule has 110 valence electrons. The van der Waals surface area contributed by atoms with E-state index in [1.165, 1.54) is 11.1 Å². The van der Waals surface area contributed by atoms with Gasteiger partial charge in [-0.1, -0.05) is 46.3 Å². The monoisotopic (exact) mass is 346 g/mol. The number of carbonyl (C=O) groups excluding carboxylic acids is 1. The number of carbonyl (C=O) groups is 1. The molecule has 0 bridgehead atoms. The molecule has 0 aromatic heterocycles. The van der Waals surface area contributed by atoms with Gasteiger partial charge in [0.1, 0.15) is 0 Å². The number of rotatable bonds is 5. The van der Waals surface area contributed by atoms with Gasteiger partial charge in [-0.15, -0.1) is 0 Å². The summed E-state index contributed by atoms with van der Waals surface area (Å²) in [5, 5.41) is 6.07. The summed E-state index contributed by atoms with van der Waals surface area (Å²) >= 11 is 3.51. The Bertz CT molecular complexity index is 640. The van der Waals surface area contributed by atoms with Crippen molar-refractivity contribution in [1.82, 2.24) is 5.32 Å². The molecule has 0 unspecified atom stereocenters. The summed E-state index contributed by atoms with van der Waals surface area (Å²) in [6.07, 6.45) is 0.388. The molecule has 2 N–H and O–H groups in total. The molecule has 1 amide bonds. The van der Waals surface area contributed by atoms with Gasteiger partial charge >= 0.3 is 0 Å². The van der Waals surface area contributed by atoms with Gasteiger partial charge in [0, 0.05) is 23.8 Å². The second kappa shape index (κ2) is 7.27. The van der Waals surface area contributed by atoms with Crippen LogP contribution < -0.4 is 10.6 Å². The van der Waals surface area contributed by atoms with Gasteiger partial charge in [0.2, 0.25) is 5.91 Å². The van der Waals surface area contributed by atoms with Crippen LogP contribution in [0.5, 0.6) is 0 Å². The lowest BCUT2D eigenvalue weighted by Crippen LogP contribution is -2.20. The van der Waals surface area contributed by atoms with Crippen LogP contribution in [0.15, 0.2) is 46.9 Å². The number of amides is 1. The van der Waals surface area contributed by atoms with Crippen LogP contribution in [-0.2, 0) is 17.8 Å². The van der Waals surface area contributed by atoms with Gasteiger partial charge in [0.15, 0.2) is 0 Å². The Labute approximate surface area is 133 Å². The van der Waals surface area contributed by atoms with Crippen LogP contribution in [0, 0.1) is 6.92 Å². The smallest absolute Gasteiger partial charge is 0.224 e. The van der Waals surface area contributed by atoms with Crippen molar-refractivity contribution in [1.29, 1.82) is 0 Å². The van der Waals surface area contributed by atoms with Crippen molar-refractivity contribution < 1.29 is 4.79 Å². The number of likely N-dealkylation sites (N-methyl/N-ethyl adjacent to an activating group) is 1. The number of nitrogens with one attached hydrogen (secondary N) is 2. The van der Waals surface area contributed by atoms with E-state index in [-0.39, 0.29) is 5.91 Å². The van der Waals surface area contributed by atoms with Crippen LogP contribution >= 0.6 is 15.9 Å². The minimum absolute atomic E-state index is 0.0173. The van der Waals surface area contributed by atoms with Crippen molar-refractivity contribution in [2.45, 2.75) is 19.9 Å². The molecule has 0 saturated carbocycles. The van der Waals surface area contributed by atoms with E-state index < -0.39 is 0 Å². The van der Waals surface area contributed by atoms with E-state index in [2.05, 4.69) is 51.7 Å². The van der Waals surface area contributed by atoms with E-state index >= 15 is 0 Å². The van der Waals surface area contributed by atoms with Gasteiger partial charge in [-0.2, -0.15) is 0 Å². The Kier molecular flexibility index (Phi) is 5.39. The third kappa shape index (κ3) is 4.33. The first-order chi connectivity index (χ1) is 10.1. The Balaban J connectivity index is 2.09. The molecular weight excluding hydrogens is 328 g/mol. The van der Waals surface area contributed by atoms with Crippen LogP contribution in [0.2, 0.25) is 0 Å². The predicted molar refractivity (Wildman–Crippen MR) is 90.4 cm³/mol. The largest absolute Gasteiger partial charge is 0.381 e. The molecule has 2 aromatic rings. The molecule has 0 aliphatic heterocycles. The Morgan fingerprint density at radius 3 is 2.67 bits per heavy atom. The van der Waals surface area contributed by atoms with Crippen molar-refractivity contribution in [3.63, 3.8) is 0 Å². The van der Waals surface area contributed by atoms with Gasteiger partial charge in [-0.3, -0.25) is 4.79 Å². The third-order valence-corrected chi connectivity index (χ3v) is 4.24. The third-order valence-electron chi connectivity index (χ3n) is 3.35. The Morgan fingerprint density at radius 2 is 1.95 bits per heavy atom. The number of benzene rings is 2. The normalized spacial score (nSPS) is 10.2. The average Bonchev–Trinajstić information content (AvgIpc) is 2.49. The molecule has 0 aliphatic rings. The molecule has 2 aromatic carbocycles. The lowest BCUT2D eigenvalue weighted by Gasteiger charge is -2.12. The van der Waals surface area contributed by atoms with Crippen LogP contribution in [-0.4, -0.2) is 13.0 Å². The zero-order valence-electron chi connectivity index (χ0n) is 12.2. The maximum absolute atomic E-state index is 11.5. The van der Waals surface area contributed by atoms with Crippen LogP contribution in [0.4, 0.5) is 5.69 Å². The number of para-hydroxylation sites is 1. The second-order valence-electron chi connectivity index (χ2n) is 4.94. The number of anilines is 1. The molecule has 3 nitrogen and oxygen atoms in total. The number of hydrogen-bond donors (Lipinski definition) is 2. The van der Waals surface area contributed by atoms with Crippen molar-refractivity contribution in [3.05, 3.63) is 63.6 Å². The summed E-state index contributed by atoms with van der Waals surface area (Å²) in [5.41, 5.74) is 4.44. The minimum atomic E-state index is 0.0173. The highest BCUT2D eigenvalue weighted by atomic mass is 79.9. The fraction of sp³-hybridized carbons (Fsp3) is 0.235. The van der Waals surface area contributed by atoms with E-state index in [4.69, 9.17) is 0 Å². The van der Waals surface area contributed by atoms with Gasteiger partial charge in [0.05, 0.1) is 6.42 Å². The van der Waals surface area contributed by atoms with E-state index in [0.717, 1.165) is 22.3 Å². The average molecular weight is 347 g/mol. The van der Waals surface area contributed by atoms with Crippen LogP contribution in [0.25, 0.3) is 0 Å². The highest BCUT2D eigenvalue weighted by Crippen LogP contribution is 2.20. The minimum Gasteiger partial charge on any atom is -0.381 e. The maximum atomic E-state index is 11.5. The van der Waals surface area contributed by atoms with E-state index in [1.54, 1.807) is 7.05 Å². The van der Waals surface area contributed by atoms with Crippen molar-refractivity contribution in [2.75, 3.05) is 12.4 Å². The Morgan fingerprint density at radius 1 is 1.19 bits per heavy atom. The first kappa shape index (κ1) is 15.6. The van der Waals surface area contributed by atoms with Crippen LogP contribution in [0.1, 0.15) is 16.7 Å². The fourth-order valence-corrected chi connectivity index (χ4v) is 2.37. The van der Waals surface area contributed by atoms with Gasteiger partial charge in [-0.05, 0) is 35.7 Å². The maximum Gasteiger partial charge on any atom is 0.224 e. The zero-order valence-corrected chi connectivity index (χ0v) is 13.8. The molecule has 0 aliphatic carbocycles. The summed E-state index contributed by atoms with van der Waals surface area (Å²) in [7, 11) is 1.66. The quantitative estimate of drug-likeness (QED) is 0.867. The first-order valence-electron chi connectivity index (χ1n) is 6.87. The van der Waals surface area contributed by atoms with Crippen LogP contribution in [0.3, 0.4) is 0 Å². The highest BCUT2D eigenvalue weighted by Gasteiger charge is 2.06. The van der Waals surface area contributed by atoms with Gasteiger partial charge in [-0.25, -0.2) is 0 Å². The van der Waals surface area contributed by atoms with Crippen molar-refractivity contribution in [3.8, 4) is 0 Å². The zero-order chi connectivity index (χ0) is 15.2. The lowest BCUT2D eigenvalue weighted by molar-refractivity contribution is -0.119. The van der Waals surface area contributed by atoms with E-state index in [1.807, 2.05) is 24.3 Å². The van der Waals surface area contributed by atoms with Gasteiger partial charge in [0.25, 0.3) is 0 Å². The fourth-order valence-electron chi connectivity index (χ4n) is 2.12. The van der Waals surface area contributed by atoms with E-state index in [9.17, 15) is 4.79 Å². The molecule has 0 saturated heterocycles. The lowest BCUT2D eigenvalue weighted by atomic mass is 10.1. The summed E-state index contributed by atoms with van der Waals surface area (Å²) < 4.78 is 1.12. The first-order valence-corrected chi connectivity index (χ1v) is 7.67. The molecule has 0 atom stereocenters. The van der Waals surface area contributed by atoms with E-state index in [0.29, 0.717) is 6.42 Å². The SMILES string of the molecule is CNC(=O)Cc1ccccc1NCc1ccc(Br)c(C)c1. The summed E-state index contributed by atoms with van der Waals surface area (Å²) in [4.78, 5) is 11.5. The van der Waals surface area contributed by atoms with Crippen molar-refractivity contribution >= 4 is 27.5 Å².